The van der Waals surface area contributed by atoms with Gasteiger partial charge in [-0.25, -0.2) is 15.0 Å². The van der Waals surface area contributed by atoms with E-state index < -0.39 is 29.2 Å². The SMILES string of the molecule is CC(C)(O)c1cc2nc([C@H]3CC[C@H](S)CC3)sc2cc1NC(=O)c1ccnc(C(F)(F)F)n1. The van der Waals surface area contributed by atoms with E-state index in [2.05, 4.69) is 27.9 Å². The van der Waals surface area contributed by atoms with Crippen molar-refractivity contribution in [2.24, 2.45) is 0 Å². The molecular formula is C22H23F3N4O2S2. The van der Waals surface area contributed by atoms with E-state index in [0.29, 0.717) is 27.9 Å². The van der Waals surface area contributed by atoms with E-state index in [0.717, 1.165) is 47.7 Å². The Labute approximate surface area is 198 Å². The van der Waals surface area contributed by atoms with E-state index in [9.17, 15) is 23.1 Å². The molecule has 0 unspecified atom stereocenters. The van der Waals surface area contributed by atoms with Gasteiger partial charge in [0.05, 0.1) is 20.8 Å². The van der Waals surface area contributed by atoms with Gasteiger partial charge in [-0.15, -0.1) is 11.3 Å². The minimum atomic E-state index is -4.77. The molecule has 6 nitrogen and oxygen atoms in total. The van der Waals surface area contributed by atoms with Crippen LogP contribution in [0.5, 0.6) is 0 Å². The first-order chi connectivity index (χ1) is 15.4. The van der Waals surface area contributed by atoms with Gasteiger partial charge < -0.3 is 10.4 Å². The Morgan fingerprint density at radius 1 is 1.18 bits per heavy atom. The Kier molecular flexibility index (Phi) is 6.41. The number of aliphatic hydroxyl groups is 1. The van der Waals surface area contributed by atoms with Crippen LogP contribution in [0.1, 0.15) is 72.3 Å². The first kappa shape index (κ1) is 23.9. The average molecular weight is 497 g/mol. The third-order valence-corrected chi connectivity index (χ3v) is 7.34. The van der Waals surface area contributed by atoms with Gasteiger partial charge in [-0.2, -0.15) is 25.8 Å². The summed E-state index contributed by atoms with van der Waals surface area (Å²) in [6, 6.07) is 4.53. The van der Waals surface area contributed by atoms with Crippen LogP contribution in [0.3, 0.4) is 0 Å². The van der Waals surface area contributed by atoms with Crippen LogP contribution in [-0.4, -0.2) is 31.2 Å². The van der Waals surface area contributed by atoms with Crippen LogP contribution < -0.4 is 5.32 Å². The molecule has 2 heterocycles. The topological polar surface area (TPSA) is 88.0 Å². The van der Waals surface area contributed by atoms with Crippen molar-refractivity contribution in [2.45, 2.75) is 62.5 Å². The molecule has 2 N–H and O–H groups in total. The van der Waals surface area contributed by atoms with E-state index >= 15 is 0 Å². The molecule has 0 atom stereocenters. The Morgan fingerprint density at radius 3 is 2.52 bits per heavy atom. The summed E-state index contributed by atoms with van der Waals surface area (Å²) in [6.45, 7) is 3.13. The lowest BCUT2D eigenvalue weighted by molar-refractivity contribution is -0.145. The summed E-state index contributed by atoms with van der Waals surface area (Å²) < 4.78 is 39.6. The number of alkyl halides is 3. The molecule has 176 valence electrons. The fraction of sp³-hybridized carbons (Fsp3) is 0.455. The normalized spacial score (nSPS) is 19.6. The molecule has 11 heteroatoms. The Balaban J connectivity index is 1.68. The highest BCUT2D eigenvalue weighted by molar-refractivity contribution is 7.80. The number of fused-ring (bicyclic) bond motifs is 1. The van der Waals surface area contributed by atoms with Crippen molar-refractivity contribution in [1.82, 2.24) is 15.0 Å². The number of benzene rings is 1. The van der Waals surface area contributed by atoms with Gasteiger partial charge in [0.15, 0.2) is 0 Å². The molecule has 1 fully saturated rings. The van der Waals surface area contributed by atoms with Crippen LogP contribution >= 0.6 is 24.0 Å². The number of thiol groups is 1. The van der Waals surface area contributed by atoms with E-state index in [1.165, 1.54) is 11.3 Å². The first-order valence-electron chi connectivity index (χ1n) is 10.5. The van der Waals surface area contributed by atoms with Gasteiger partial charge in [-0.05, 0) is 57.7 Å². The molecule has 0 saturated heterocycles. The molecule has 1 aromatic carbocycles. The number of amides is 1. The number of anilines is 1. The van der Waals surface area contributed by atoms with Crippen molar-refractivity contribution in [3.05, 3.63) is 46.5 Å². The molecule has 1 aliphatic carbocycles. The van der Waals surface area contributed by atoms with Crippen molar-refractivity contribution in [3.8, 4) is 0 Å². The van der Waals surface area contributed by atoms with Crippen molar-refractivity contribution in [1.29, 1.82) is 0 Å². The molecule has 0 aliphatic heterocycles. The van der Waals surface area contributed by atoms with E-state index in [1.807, 2.05) is 0 Å². The molecule has 1 aliphatic rings. The predicted octanol–water partition coefficient (Wildman–Crippen LogP) is 5.54. The highest BCUT2D eigenvalue weighted by atomic mass is 32.1. The fourth-order valence-electron chi connectivity index (χ4n) is 3.91. The maximum Gasteiger partial charge on any atom is 0.451 e. The molecule has 2 aromatic heterocycles. The third kappa shape index (κ3) is 5.30. The zero-order valence-electron chi connectivity index (χ0n) is 18.0. The summed E-state index contributed by atoms with van der Waals surface area (Å²) in [6.07, 6.45) is 0.187. The lowest BCUT2D eigenvalue weighted by Crippen LogP contribution is -2.22. The molecule has 33 heavy (non-hydrogen) atoms. The van der Waals surface area contributed by atoms with Gasteiger partial charge in [-0.3, -0.25) is 4.79 Å². The van der Waals surface area contributed by atoms with Crippen LogP contribution in [-0.2, 0) is 11.8 Å². The Morgan fingerprint density at radius 2 is 1.88 bits per heavy atom. The molecule has 4 rings (SSSR count). The third-order valence-electron chi connectivity index (χ3n) is 5.64. The standard InChI is InChI=1S/C22H23F3N4O2S2/c1-21(2,31)13-9-16-17(33-19(28-16)11-3-5-12(32)6-4-11)10-15(13)27-18(30)14-7-8-26-20(29-14)22(23,24)25/h7-12,31-32H,3-6H2,1-2H3,(H,27,30)/t11-,12-. The minimum Gasteiger partial charge on any atom is -0.386 e. The summed E-state index contributed by atoms with van der Waals surface area (Å²) in [7, 11) is 0. The van der Waals surface area contributed by atoms with Gasteiger partial charge in [0.25, 0.3) is 5.91 Å². The van der Waals surface area contributed by atoms with Crippen molar-refractivity contribution in [2.75, 3.05) is 5.32 Å². The molecular weight excluding hydrogens is 473 g/mol. The lowest BCUT2D eigenvalue weighted by Gasteiger charge is -2.23. The molecule has 1 amide bonds. The van der Waals surface area contributed by atoms with Gasteiger partial charge in [0, 0.05) is 28.6 Å². The average Bonchev–Trinajstić information content (AvgIpc) is 3.15. The van der Waals surface area contributed by atoms with Crippen molar-refractivity contribution >= 4 is 45.8 Å². The smallest absolute Gasteiger partial charge is 0.386 e. The number of carbonyl (C=O) groups excluding carboxylic acids is 1. The second-order valence-electron chi connectivity index (χ2n) is 8.70. The van der Waals surface area contributed by atoms with Gasteiger partial charge in [0.2, 0.25) is 5.82 Å². The summed E-state index contributed by atoms with van der Waals surface area (Å²) in [5.74, 6) is -1.88. The summed E-state index contributed by atoms with van der Waals surface area (Å²) >= 11 is 6.07. The van der Waals surface area contributed by atoms with E-state index in [4.69, 9.17) is 4.98 Å². The maximum absolute atomic E-state index is 12.9. The van der Waals surface area contributed by atoms with E-state index in [1.54, 1.807) is 26.0 Å². The number of thiazole rings is 1. The second kappa shape index (κ2) is 8.84. The van der Waals surface area contributed by atoms with Crippen molar-refractivity contribution in [3.63, 3.8) is 0 Å². The number of aromatic nitrogens is 3. The Hall–Kier alpha value is -2.24. The molecule has 0 bridgehead atoms. The van der Waals surface area contributed by atoms with Crippen LogP contribution in [0.15, 0.2) is 24.4 Å². The number of halogens is 3. The van der Waals surface area contributed by atoms with Crippen LogP contribution in [0.25, 0.3) is 10.2 Å². The number of carbonyl (C=O) groups is 1. The number of hydrogen-bond acceptors (Lipinski definition) is 7. The van der Waals surface area contributed by atoms with Gasteiger partial charge in [0.1, 0.15) is 5.69 Å². The van der Waals surface area contributed by atoms with E-state index in [-0.39, 0.29) is 0 Å². The highest BCUT2D eigenvalue weighted by Crippen LogP contribution is 2.40. The predicted molar refractivity (Wildman–Crippen MR) is 124 cm³/mol. The second-order valence-corrected chi connectivity index (χ2v) is 10.5. The first-order valence-corrected chi connectivity index (χ1v) is 11.8. The number of nitrogens with zero attached hydrogens (tertiary/aromatic N) is 3. The molecule has 0 spiro atoms. The fourth-order valence-corrected chi connectivity index (χ4v) is 5.36. The number of nitrogens with one attached hydrogen (secondary N) is 1. The zero-order chi connectivity index (χ0) is 24.0. The largest absolute Gasteiger partial charge is 0.451 e. The molecule has 3 aromatic rings. The monoisotopic (exact) mass is 496 g/mol. The van der Waals surface area contributed by atoms with Gasteiger partial charge in [-0.1, -0.05) is 0 Å². The van der Waals surface area contributed by atoms with Gasteiger partial charge >= 0.3 is 6.18 Å². The number of rotatable bonds is 4. The lowest BCUT2D eigenvalue weighted by atomic mass is 9.89. The quantitative estimate of drug-likeness (QED) is 0.413. The summed E-state index contributed by atoms with van der Waals surface area (Å²) in [4.78, 5) is 24.0. The zero-order valence-corrected chi connectivity index (χ0v) is 19.7. The number of hydrogen-bond donors (Lipinski definition) is 3. The molecule has 1 saturated carbocycles. The summed E-state index contributed by atoms with van der Waals surface area (Å²) in [5.41, 5.74) is -0.342. The molecule has 0 radical (unpaired) electrons. The summed E-state index contributed by atoms with van der Waals surface area (Å²) in [5, 5.41) is 14.7. The maximum atomic E-state index is 12.9. The minimum absolute atomic E-state index is 0.293. The van der Waals surface area contributed by atoms with Crippen LogP contribution in [0.2, 0.25) is 0 Å². The van der Waals surface area contributed by atoms with Crippen LogP contribution in [0.4, 0.5) is 18.9 Å². The Bertz CT molecular complexity index is 1180. The van der Waals surface area contributed by atoms with Crippen LogP contribution in [0, 0.1) is 0 Å². The van der Waals surface area contributed by atoms with Crippen molar-refractivity contribution < 1.29 is 23.1 Å². The highest BCUT2D eigenvalue weighted by Gasteiger charge is 2.35.